The van der Waals surface area contributed by atoms with Crippen molar-refractivity contribution in [2.75, 3.05) is 13.2 Å². The fourth-order valence-electron chi connectivity index (χ4n) is 2.07. The minimum atomic E-state index is -0.326. The van der Waals surface area contributed by atoms with Gasteiger partial charge in [-0.05, 0) is 44.9 Å². The summed E-state index contributed by atoms with van der Waals surface area (Å²) in [6.07, 6.45) is 1.07. The van der Waals surface area contributed by atoms with Crippen molar-refractivity contribution in [3.05, 3.63) is 34.9 Å². The normalized spacial score (nSPS) is 14.8. The van der Waals surface area contributed by atoms with Crippen molar-refractivity contribution in [1.29, 1.82) is 0 Å². The van der Waals surface area contributed by atoms with Crippen LogP contribution in [0.3, 0.4) is 0 Å². The van der Waals surface area contributed by atoms with Gasteiger partial charge in [0, 0.05) is 0 Å². The van der Waals surface area contributed by atoms with Crippen LogP contribution < -0.4 is 5.32 Å². The average Bonchev–Trinajstić information content (AvgIpc) is 2.26. The third-order valence-corrected chi connectivity index (χ3v) is 3.06. The highest BCUT2D eigenvalue weighted by molar-refractivity contribution is 5.35. The molecule has 1 unspecified atom stereocenters. The highest BCUT2D eigenvalue weighted by Gasteiger charge is 2.26. The zero-order valence-corrected chi connectivity index (χ0v) is 10.8. The van der Waals surface area contributed by atoms with Crippen LogP contribution in [0.2, 0.25) is 0 Å². The number of hydrogen-bond acceptors (Lipinski definition) is 2. The van der Waals surface area contributed by atoms with Crippen LogP contribution in [0.1, 0.15) is 37.0 Å². The first-order valence-electron chi connectivity index (χ1n) is 5.97. The maximum absolute atomic E-state index is 9.60. The molecule has 16 heavy (non-hydrogen) atoms. The molecule has 0 saturated heterocycles. The van der Waals surface area contributed by atoms with Crippen LogP contribution in [0.5, 0.6) is 0 Å². The molecule has 1 rings (SSSR count). The minimum Gasteiger partial charge on any atom is -0.394 e. The molecule has 2 N–H and O–H groups in total. The quantitative estimate of drug-likeness (QED) is 0.800. The Morgan fingerprint density at radius 1 is 1.31 bits per heavy atom. The van der Waals surface area contributed by atoms with Crippen LogP contribution >= 0.6 is 0 Å². The van der Waals surface area contributed by atoms with Gasteiger partial charge in [-0.1, -0.05) is 30.7 Å². The summed E-state index contributed by atoms with van der Waals surface area (Å²) in [5.74, 6) is 0. The van der Waals surface area contributed by atoms with Gasteiger partial charge in [-0.25, -0.2) is 0 Å². The van der Waals surface area contributed by atoms with Gasteiger partial charge in [0.05, 0.1) is 12.1 Å². The summed E-state index contributed by atoms with van der Waals surface area (Å²) in [6, 6.07) is 6.38. The molecule has 90 valence electrons. The van der Waals surface area contributed by atoms with E-state index in [1.807, 2.05) is 0 Å². The van der Waals surface area contributed by atoms with Crippen molar-refractivity contribution in [1.82, 2.24) is 5.32 Å². The van der Waals surface area contributed by atoms with Gasteiger partial charge in [0.2, 0.25) is 0 Å². The number of rotatable bonds is 5. The lowest BCUT2D eigenvalue weighted by Crippen LogP contribution is -2.43. The molecule has 0 aliphatic carbocycles. The highest BCUT2D eigenvalue weighted by atomic mass is 16.3. The molecule has 0 bridgehead atoms. The Bertz CT molecular complexity index is 349. The molecule has 0 fully saturated rings. The van der Waals surface area contributed by atoms with Crippen LogP contribution in [0.15, 0.2) is 18.2 Å². The molecule has 0 saturated carbocycles. The fraction of sp³-hybridized carbons (Fsp3) is 0.571. The molecule has 0 amide bonds. The lowest BCUT2D eigenvalue weighted by atomic mass is 9.88. The number of aliphatic hydroxyl groups is 1. The smallest absolute Gasteiger partial charge is 0.0652 e. The van der Waals surface area contributed by atoms with Gasteiger partial charge in [0.15, 0.2) is 0 Å². The lowest BCUT2D eigenvalue weighted by molar-refractivity contribution is 0.175. The van der Waals surface area contributed by atoms with E-state index in [9.17, 15) is 5.11 Å². The number of benzene rings is 1. The third-order valence-electron chi connectivity index (χ3n) is 3.06. The van der Waals surface area contributed by atoms with E-state index in [1.165, 1.54) is 16.7 Å². The van der Waals surface area contributed by atoms with E-state index < -0.39 is 0 Å². The zero-order chi connectivity index (χ0) is 12.2. The predicted molar refractivity (Wildman–Crippen MR) is 68.6 cm³/mol. The Balaban J connectivity index is 3.02. The topological polar surface area (TPSA) is 32.3 Å². The molecule has 2 nitrogen and oxygen atoms in total. The Kier molecular flexibility index (Phi) is 4.51. The molecule has 1 atom stereocenters. The monoisotopic (exact) mass is 221 g/mol. The van der Waals surface area contributed by atoms with Crippen LogP contribution in [-0.4, -0.2) is 18.3 Å². The van der Waals surface area contributed by atoms with Crippen molar-refractivity contribution >= 4 is 0 Å². The van der Waals surface area contributed by atoms with E-state index in [-0.39, 0.29) is 12.1 Å². The Morgan fingerprint density at radius 3 is 2.50 bits per heavy atom. The Morgan fingerprint density at radius 2 is 2.00 bits per heavy atom. The second-order valence-corrected chi connectivity index (χ2v) is 4.74. The SMILES string of the molecule is CCCNC(C)(CO)c1ccc(C)cc1C. The van der Waals surface area contributed by atoms with Crippen LogP contribution in [0.25, 0.3) is 0 Å². The zero-order valence-electron chi connectivity index (χ0n) is 10.8. The van der Waals surface area contributed by atoms with Crippen LogP contribution in [0.4, 0.5) is 0 Å². The summed E-state index contributed by atoms with van der Waals surface area (Å²) in [7, 11) is 0. The van der Waals surface area contributed by atoms with Gasteiger partial charge < -0.3 is 10.4 Å². The molecule has 0 aliphatic rings. The molecule has 1 aromatic rings. The summed E-state index contributed by atoms with van der Waals surface area (Å²) in [5.41, 5.74) is 3.36. The molecule has 2 heteroatoms. The summed E-state index contributed by atoms with van der Waals surface area (Å²) in [5, 5.41) is 13.0. The molecular weight excluding hydrogens is 198 g/mol. The van der Waals surface area contributed by atoms with E-state index in [1.54, 1.807) is 0 Å². The van der Waals surface area contributed by atoms with Gasteiger partial charge in [-0.15, -0.1) is 0 Å². The van der Waals surface area contributed by atoms with Crippen LogP contribution in [0, 0.1) is 13.8 Å². The van der Waals surface area contributed by atoms with Gasteiger partial charge in [-0.3, -0.25) is 0 Å². The average molecular weight is 221 g/mol. The maximum atomic E-state index is 9.60. The molecule has 0 aromatic heterocycles. The van der Waals surface area contributed by atoms with Gasteiger partial charge in [0.1, 0.15) is 0 Å². The lowest BCUT2D eigenvalue weighted by Gasteiger charge is -2.31. The number of nitrogens with one attached hydrogen (secondary N) is 1. The molecule has 0 radical (unpaired) electrons. The third kappa shape index (κ3) is 2.83. The molecular formula is C14H23NO. The summed E-state index contributed by atoms with van der Waals surface area (Å²) < 4.78 is 0. The van der Waals surface area contributed by atoms with Crippen molar-refractivity contribution in [2.24, 2.45) is 0 Å². The highest BCUT2D eigenvalue weighted by Crippen LogP contribution is 2.24. The summed E-state index contributed by atoms with van der Waals surface area (Å²) >= 11 is 0. The van der Waals surface area contributed by atoms with Gasteiger partial charge in [0.25, 0.3) is 0 Å². The minimum absolute atomic E-state index is 0.122. The Labute approximate surface area is 98.7 Å². The first-order valence-corrected chi connectivity index (χ1v) is 5.97. The number of aliphatic hydroxyl groups excluding tert-OH is 1. The molecule has 0 spiro atoms. The standard InChI is InChI=1S/C14H23NO/c1-5-8-15-14(4,10-16)13-7-6-11(2)9-12(13)3/h6-7,9,15-16H,5,8,10H2,1-4H3. The largest absolute Gasteiger partial charge is 0.394 e. The fourth-order valence-corrected chi connectivity index (χ4v) is 2.07. The van der Waals surface area contributed by atoms with Gasteiger partial charge in [-0.2, -0.15) is 0 Å². The summed E-state index contributed by atoms with van der Waals surface area (Å²) in [6.45, 7) is 9.42. The first kappa shape index (κ1) is 13.2. The summed E-state index contributed by atoms with van der Waals surface area (Å²) in [4.78, 5) is 0. The molecule has 0 aliphatic heterocycles. The van der Waals surface area contributed by atoms with E-state index >= 15 is 0 Å². The predicted octanol–water partition coefficient (Wildman–Crippen LogP) is 2.51. The van der Waals surface area contributed by atoms with E-state index in [4.69, 9.17) is 0 Å². The number of aryl methyl sites for hydroxylation is 2. The van der Waals surface area contributed by atoms with Crippen molar-refractivity contribution in [3.8, 4) is 0 Å². The van der Waals surface area contributed by atoms with E-state index in [0.717, 1.165) is 13.0 Å². The molecule has 0 heterocycles. The first-order chi connectivity index (χ1) is 7.53. The van der Waals surface area contributed by atoms with E-state index in [0.29, 0.717) is 0 Å². The van der Waals surface area contributed by atoms with Crippen molar-refractivity contribution < 1.29 is 5.11 Å². The maximum Gasteiger partial charge on any atom is 0.0652 e. The molecule has 1 aromatic carbocycles. The number of hydrogen-bond donors (Lipinski definition) is 2. The van der Waals surface area contributed by atoms with Gasteiger partial charge >= 0.3 is 0 Å². The Hall–Kier alpha value is -0.860. The second-order valence-electron chi connectivity index (χ2n) is 4.74. The van der Waals surface area contributed by atoms with E-state index in [2.05, 4.69) is 51.2 Å². The second kappa shape index (κ2) is 5.46. The van der Waals surface area contributed by atoms with Crippen LogP contribution in [-0.2, 0) is 5.54 Å². The van der Waals surface area contributed by atoms with Crippen molar-refractivity contribution in [2.45, 2.75) is 39.7 Å². The van der Waals surface area contributed by atoms with Crippen molar-refractivity contribution in [3.63, 3.8) is 0 Å².